The summed E-state index contributed by atoms with van der Waals surface area (Å²) in [5.41, 5.74) is 1.68. The van der Waals surface area contributed by atoms with Gasteiger partial charge in [0.2, 0.25) is 15.9 Å². The number of carbonyl (C=O) groups is 1. The van der Waals surface area contributed by atoms with E-state index < -0.39 is 10.0 Å². The Hall–Kier alpha value is -3.31. The molecule has 32 heavy (non-hydrogen) atoms. The van der Waals surface area contributed by atoms with Crippen molar-refractivity contribution in [1.82, 2.24) is 29.4 Å². The van der Waals surface area contributed by atoms with Gasteiger partial charge in [-0.1, -0.05) is 12.1 Å². The lowest BCUT2D eigenvalue weighted by molar-refractivity contribution is -0.131. The van der Waals surface area contributed by atoms with Crippen LogP contribution in [0.25, 0.3) is 5.69 Å². The molecule has 1 aliphatic rings. The predicted octanol–water partition coefficient (Wildman–Crippen LogP) is 1.14. The fourth-order valence-corrected chi connectivity index (χ4v) is 4.96. The summed E-state index contributed by atoms with van der Waals surface area (Å²) in [4.78, 5) is 14.6. The maximum absolute atomic E-state index is 12.9. The molecule has 11 heteroatoms. The van der Waals surface area contributed by atoms with Crippen molar-refractivity contribution in [2.45, 2.75) is 18.2 Å². The van der Waals surface area contributed by atoms with Gasteiger partial charge in [-0.25, -0.2) is 13.1 Å². The third-order valence-electron chi connectivity index (χ3n) is 5.27. The fraction of sp³-hybridized carbons (Fsp3) is 0.333. The van der Waals surface area contributed by atoms with Gasteiger partial charge in [0.25, 0.3) is 0 Å². The molecule has 1 aromatic heterocycles. The molecule has 0 bridgehead atoms. The van der Waals surface area contributed by atoms with Crippen molar-refractivity contribution < 1.29 is 17.9 Å². The summed E-state index contributed by atoms with van der Waals surface area (Å²) in [6.45, 7) is 3.64. The lowest BCUT2D eigenvalue weighted by Gasteiger charge is -2.34. The van der Waals surface area contributed by atoms with Crippen LogP contribution in [-0.2, 0) is 21.2 Å². The summed E-state index contributed by atoms with van der Waals surface area (Å²) >= 11 is 0. The van der Waals surface area contributed by atoms with Crippen molar-refractivity contribution in [1.29, 1.82) is 0 Å². The minimum atomic E-state index is -3.61. The quantitative estimate of drug-likeness (QED) is 0.524. The van der Waals surface area contributed by atoms with Crippen LogP contribution in [-0.4, -0.2) is 76.5 Å². The summed E-state index contributed by atoms with van der Waals surface area (Å²) < 4.78 is 34.2. The Kier molecular flexibility index (Phi) is 6.47. The second-order valence-electron chi connectivity index (χ2n) is 7.29. The standard InChI is InChI=1S/C21H24N6O4S/c1-2-31-19-7-9-20(10-8-19)32(29,30)26-13-11-25(12-14-26)21(28)15-17-3-5-18(6-4-17)27-16-22-23-24-27/h3-10,16H,2,11-15H2,1H3. The van der Waals surface area contributed by atoms with Crippen molar-refractivity contribution in [3.63, 3.8) is 0 Å². The number of carbonyl (C=O) groups excluding carboxylic acids is 1. The minimum Gasteiger partial charge on any atom is -0.494 e. The van der Waals surface area contributed by atoms with Gasteiger partial charge < -0.3 is 9.64 Å². The lowest BCUT2D eigenvalue weighted by Crippen LogP contribution is -2.50. The molecule has 0 aliphatic carbocycles. The van der Waals surface area contributed by atoms with E-state index in [1.54, 1.807) is 29.2 Å². The van der Waals surface area contributed by atoms with E-state index >= 15 is 0 Å². The number of amides is 1. The molecule has 10 nitrogen and oxygen atoms in total. The molecule has 1 fully saturated rings. The van der Waals surface area contributed by atoms with Gasteiger partial charge in [0.15, 0.2) is 0 Å². The van der Waals surface area contributed by atoms with Gasteiger partial charge in [-0.05, 0) is 59.3 Å². The Morgan fingerprint density at radius 2 is 1.69 bits per heavy atom. The highest BCUT2D eigenvalue weighted by Crippen LogP contribution is 2.21. The van der Waals surface area contributed by atoms with Gasteiger partial charge in [0.05, 0.1) is 23.6 Å². The molecule has 2 aromatic carbocycles. The molecule has 0 spiro atoms. The summed E-state index contributed by atoms with van der Waals surface area (Å²) in [6, 6.07) is 13.8. The number of benzene rings is 2. The highest BCUT2D eigenvalue weighted by atomic mass is 32.2. The number of tetrazole rings is 1. The number of nitrogens with zero attached hydrogens (tertiary/aromatic N) is 6. The Labute approximate surface area is 186 Å². The first-order valence-corrected chi connectivity index (χ1v) is 11.7. The first-order chi connectivity index (χ1) is 15.5. The zero-order chi connectivity index (χ0) is 22.6. The Bertz CT molecular complexity index is 1140. The number of ether oxygens (including phenoxy) is 1. The lowest BCUT2D eigenvalue weighted by atomic mass is 10.1. The summed E-state index contributed by atoms with van der Waals surface area (Å²) in [6.07, 6.45) is 1.75. The Morgan fingerprint density at radius 1 is 1.00 bits per heavy atom. The second-order valence-corrected chi connectivity index (χ2v) is 9.22. The molecule has 0 saturated carbocycles. The fourth-order valence-electron chi connectivity index (χ4n) is 3.53. The molecule has 4 rings (SSSR count). The summed E-state index contributed by atoms with van der Waals surface area (Å²) in [5, 5.41) is 11.0. The van der Waals surface area contributed by atoms with Crippen LogP contribution in [0, 0.1) is 0 Å². The number of hydrogen-bond donors (Lipinski definition) is 0. The smallest absolute Gasteiger partial charge is 0.243 e. The molecule has 1 saturated heterocycles. The first-order valence-electron chi connectivity index (χ1n) is 10.3. The molecule has 0 N–H and O–H groups in total. The van der Waals surface area contributed by atoms with E-state index in [1.807, 2.05) is 31.2 Å². The molecule has 0 radical (unpaired) electrons. The van der Waals surface area contributed by atoms with Crippen LogP contribution in [0.15, 0.2) is 59.8 Å². The minimum absolute atomic E-state index is 0.0294. The molecule has 1 amide bonds. The number of rotatable bonds is 7. The largest absolute Gasteiger partial charge is 0.494 e. The highest BCUT2D eigenvalue weighted by molar-refractivity contribution is 7.89. The van der Waals surface area contributed by atoms with E-state index in [9.17, 15) is 13.2 Å². The topological polar surface area (TPSA) is 111 Å². The SMILES string of the molecule is CCOc1ccc(S(=O)(=O)N2CCN(C(=O)Cc3ccc(-n4cnnn4)cc3)CC2)cc1. The molecule has 2 heterocycles. The molecule has 168 valence electrons. The van der Waals surface area contributed by atoms with E-state index in [-0.39, 0.29) is 30.3 Å². The van der Waals surface area contributed by atoms with Crippen LogP contribution in [0.3, 0.4) is 0 Å². The number of aromatic nitrogens is 4. The van der Waals surface area contributed by atoms with Gasteiger partial charge in [-0.15, -0.1) is 5.10 Å². The van der Waals surface area contributed by atoms with Crippen LogP contribution in [0.5, 0.6) is 5.75 Å². The summed E-state index contributed by atoms with van der Waals surface area (Å²) in [7, 11) is -3.61. The monoisotopic (exact) mass is 456 g/mol. The molecule has 0 unspecified atom stereocenters. The third-order valence-corrected chi connectivity index (χ3v) is 7.18. The maximum atomic E-state index is 12.9. The third kappa shape index (κ3) is 4.78. The van der Waals surface area contributed by atoms with Gasteiger partial charge in [0, 0.05) is 26.2 Å². The first kappa shape index (κ1) is 21.9. The predicted molar refractivity (Wildman–Crippen MR) is 116 cm³/mol. The van der Waals surface area contributed by atoms with Crippen LogP contribution in [0.2, 0.25) is 0 Å². The number of piperazine rings is 1. The molecule has 1 aliphatic heterocycles. The molecular formula is C21H24N6O4S. The Balaban J connectivity index is 1.33. The van der Waals surface area contributed by atoms with Gasteiger partial charge >= 0.3 is 0 Å². The van der Waals surface area contributed by atoms with Crippen molar-refractivity contribution in [3.05, 3.63) is 60.4 Å². The maximum Gasteiger partial charge on any atom is 0.243 e. The van der Waals surface area contributed by atoms with Crippen molar-refractivity contribution in [3.8, 4) is 11.4 Å². The van der Waals surface area contributed by atoms with Gasteiger partial charge in [-0.3, -0.25) is 4.79 Å². The normalized spacial score (nSPS) is 15.0. The van der Waals surface area contributed by atoms with E-state index in [2.05, 4.69) is 15.5 Å². The Morgan fingerprint density at radius 3 is 2.28 bits per heavy atom. The zero-order valence-electron chi connectivity index (χ0n) is 17.7. The van der Waals surface area contributed by atoms with Crippen molar-refractivity contribution >= 4 is 15.9 Å². The average molecular weight is 457 g/mol. The van der Waals surface area contributed by atoms with Crippen LogP contribution in [0.4, 0.5) is 0 Å². The highest BCUT2D eigenvalue weighted by Gasteiger charge is 2.30. The summed E-state index contributed by atoms with van der Waals surface area (Å²) in [5.74, 6) is 0.603. The van der Waals surface area contributed by atoms with E-state index in [0.29, 0.717) is 25.4 Å². The van der Waals surface area contributed by atoms with Crippen LogP contribution >= 0.6 is 0 Å². The van der Waals surface area contributed by atoms with Crippen LogP contribution < -0.4 is 4.74 Å². The number of sulfonamides is 1. The zero-order valence-corrected chi connectivity index (χ0v) is 18.5. The van der Waals surface area contributed by atoms with Crippen molar-refractivity contribution in [2.24, 2.45) is 0 Å². The van der Waals surface area contributed by atoms with Gasteiger partial charge in [0.1, 0.15) is 12.1 Å². The molecule has 0 atom stereocenters. The second kappa shape index (κ2) is 9.45. The van der Waals surface area contributed by atoms with E-state index in [1.165, 1.54) is 15.3 Å². The van der Waals surface area contributed by atoms with Crippen LogP contribution in [0.1, 0.15) is 12.5 Å². The molecule has 3 aromatic rings. The van der Waals surface area contributed by atoms with E-state index in [4.69, 9.17) is 4.74 Å². The average Bonchev–Trinajstić information content (AvgIpc) is 3.35. The molecular weight excluding hydrogens is 432 g/mol. The van der Waals surface area contributed by atoms with Crippen molar-refractivity contribution in [2.75, 3.05) is 32.8 Å². The van der Waals surface area contributed by atoms with E-state index in [0.717, 1.165) is 11.3 Å². The van der Waals surface area contributed by atoms with Gasteiger partial charge in [-0.2, -0.15) is 4.31 Å². The number of hydrogen-bond acceptors (Lipinski definition) is 7.